The summed E-state index contributed by atoms with van der Waals surface area (Å²) >= 11 is 1.44. The average Bonchev–Trinajstić information content (AvgIpc) is 2.91. The van der Waals surface area contributed by atoms with Gasteiger partial charge in [0.05, 0.1) is 12.9 Å². The van der Waals surface area contributed by atoms with Crippen molar-refractivity contribution in [1.29, 1.82) is 0 Å². The summed E-state index contributed by atoms with van der Waals surface area (Å²) in [7, 11) is 1.66. The van der Waals surface area contributed by atoms with Crippen molar-refractivity contribution in [3.63, 3.8) is 0 Å². The minimum Gasteiger partial charge on any atom is -0.497 e. The molecule has 124 valence electrons. The van der Waals surface area contributed by atoms with Crippen LogP contribution in [0.1, 0.15) is 26.3 Å². The Labute approximate surface area is 141 Å². The summed E-state index contributed by atoms with van der Waals surface area (Å²) in [4.78, 5) is 16.2. The second-order valence-corrected chi connectivity index (χ2v) is 7.22. The van der Waals surface area contributed by atoms with Gasteiger partial charge in [0.1, 0.15) is 5.75 Å². The number of aromatic nitrogens is 2. The summed E-state index contributed by atoms with van der Waals surface area (Å²) < 4.78 is 7.20. The number of benzene rings is 1. The third kappa shape index (κ3) is 5.63. The van der Waals surface area contributed by atoms with E-state index in [0.29, 0.717) is 12.3 Å². The van der Waals surface area contributed by atoms with Crippen molar-refractivity contribution in [2.24, 2.45) is 0 Å². The molecule has 6 heteroatoms. The lowest BCUT2D eigenvalue weighted by Crippen LogP contribution is -2.41. The zero-order valence-electron chi connectivity index (χ0n) is 14.0. The highest BCUT2D eigenvalue weighted by Crippen LogP contribution is 2.18. The second-order valence-electron chi connectivity index (χ2n) is 6.27. The maximum absolute atomic E-state index is 11.9. The molecule has 2 rings (SSSR count). The van der Waals surface area contributed by atoms with Crippen LogP contribution in [0.4, 0.5) is 0 Å². The lowest BCUT2D eigenvalue weighted by molar-refractivity contribution is -0.119. The van der Waals surface area contributed by atoms with E-state index in [1.165, 1.54) is 11.8 Å². The van der Waals surface area contributed by atoms with Crippen molar-refractivity contribution < 1.29 is 9.53 Å². The maximum Gasteiger partial charge on any atom is 0.230 e. The molecule has 1 aromatic heterocycles. The normalized spacial score (nSPS) is 11.3. The molecule has 5 nitrogen and oxygen atoms in total. The second kappa shape index (κ2) is 7.55. The van der Waals surface area contributed by atoms with Crippen LogP contribution in [0.5, 0.6) is 5.75 Å². The Balaban J connectivity index is 1.95. The van der Waals surface area contributed by atoms with E-state index >= 15 is 0 Å². The minimum atomic E-state index is -0.212. The third-order valence-corrected chi connectivity index (χ3v) is 4.04. The summed E-state index contributed by atoms with van der Waals surface area (Å²) in [5.41, 5.74) is 0.945. The fourth-order valence-electron chi connectivity index (χ4n) is 2.07. The molecule has 0 atom stereocenters. The Hall–Kier alpha value is -1.95. The number of thioether (sulfide) groups is 1. The van der Waals surface area contributed by atoms with Gasteiger partial charge in [-0.05, 0) is 38.5 Å². The number of hydrogen-bond donors (Lipinski definition) is 1. The Morgan fingerprint density at radius 1 is 1.30 bits per heavy atom. The molecular weight excluding hydrogens is 310 g/mol. The summed E-state index contributed by atoms with van der Waals surface area (Å²) in [6.07, 6.45) is 3.68. The van der Waals surface area contributed by atoms with E-state index in [1.54, 1.807) is 13.3 Å². The number of hydrogen-bond acceptors (Lipinski definition) is 4. The zero-order chi connectivity index (χ0) is 16.9. The van der Waals surface area contributed by atoms with Crippen LogP contribution in [0.25, 0.3) is 0 Å². The summed E-state index contributed by atoms with van der Waals surface area (Å²) in [6, 6.07) is 7.94. The third-order valence-electron chi connectivity index (χ3n) is 3.04. The van der Waals surface area contributed by atoms with E-state index in [0.717, 1.165) is 16.5 Å². The standard InChI is InChI=1S/C17H23N3O2S/c1-17(2,3)19-15(21)12-23-16-18-9-10-20(16)11-13-5-7-14(22-4)8-6-13/h5-10H,11-12H2,1-4H3,(H,19,21). The number of nitrogens with one attached hydrogen (secondary N) is 1. The van der Waals surface area contributed by atoms with Gasteiger partial charge in [-0.1, -0.05) is 23.9 Å². The first-order valence-electron chi connectivity index (χ1n) is 7.45. The number of rotatable bonds is 6. The predicted molar refractivity (Wildman–Crippen MR) is 92.9 cm³/mol. The first-order chi connectivity index (χ1) is 10.9. The molecule has 0 aliphatic carbocycles. The number of carbonyl (C=O) groups excluding carboxylic acids is 1. The van der Waals surface area contributed by atoms with Crippen molar-refractivity contribution >= 4 is 17.7 Å². The quantitative estimate of drug-likeness (QED) is 0.826. The molecule has 0 aliphatic rings. The fourth-order valence-corrected chi connectivity index (χ4v) is 2.83. The van der Waals surface area contributed by atoms with Crippen LogP contribution in [0.2, 0.25) is 0 Å². The molecule has 1 aromatic carbocycles. The highest BCUT2D eigenvalue weighted by atomic mass is 32.2. The monoisotopic (exact) mass is 333 g/mol. The Morgan fingerprint density at radius 2 is 2.00 bits per heavy atom. The van der Waals surface area contributed by atoms with Gasteiger partial charge in [0.2, 0.25) is 5.91 Å². The van der Waals surface area contributed by atoms with Crippen LogP contribution >= 0.6 is 11.8 Å². The van der Waals surface area contributed by atoms with Gasteiger partial charge in [-0.15, -0.1) is 0 Å². The van der Waals surface area contributed by atoms with E-state index in [-0.39, 0.29) is 11.4 Å². The summed E-state index contributed by atoms with van der Waals surface area (Å²) in [6.45, 7) is 6.63. The molecule has 23 heavy (non-hydrogen) atoms. The molecular formula is C17H23N3O2S. The van der Waals surface area contributed by atoms with Crippen molar-refractivity contribution in [3.05, 3.63) is 42.2 Å². The molecule has 1 heterocycles. The molecule has 0 fully saturated rings. The number of amides is 1. The average molecular weight is 333 g/mol. The first-order valence-corrected chi connectivity index (χ1v) is 8.44. The molecule has 2 aromatic rings. The van der Waals surface area contributed by atoms with Crippen LogP contribution in [-0.4, -0.2) is 33.9 Å². The molecule has 1 N–H and O–H groups in total. The maximum atomic E-state index is 11.9. The van der Waals surface area contributed by atoms with Crippen LogP contribution < -0.4 is 10.1 Å². The van der Waals surface area contributed by atoms with Crippen LogP contribution in [0.15, 0.2) is 41.8 Å². The largest absolute Gasteiger partial charge is 0.497 e. The van der Waals surface area contributed by atoms with Crippen molar-refractivity contribution in [1.82, 2.24) is 14.9 Å². The van der Waals surface area contributed by atoms with E-state index in [1.807, 2.05) is 55.8 Å². The molecule has 0 radical (unpaired) electrons. The Kier molecular flexibility index (Phi) is 5.71. The molecule has 1 amide bonds. The SMILES string of the molecule is COc1ccc(Cn2ccnc2SCC(=O)NC(C)(C)C)cc1. The van der Waals surface area contributed by atoms with Gasteiger partial charge in [0, 0.05) is 24.5 Å². The number of imidazole rings is 1. The fraction of sp³-hybridized carbons (Fsp3) is 0.412. The zero-order valence-corrected chi connectivity index (χ0v) is 14.8. The molecule has 0 saturated carbocycles. The highest BCUT2D eigenvalue weighted by molar-refractivity contribution is 7.99. The van der Waals surface area contributed by atoms with Gasteiger partial charge in [-0.2, -0.15) is 0 Å². The topological polar surface area (TPSA) is 56.2 Å². The molecule has 0 unspecified atom stereocenters. The van der Waals surface area contributed by atoms with Gasteiger partial charge in [0.25, 0.3) is 0 Å². The molecule has 0 spiro atoms. The number of carbonyl (C=O) groups is 1. The van der Waals surface area contributed by atoms with Gasteiger partial charge in [-0.25, -0.2) is 4.98 Å². The van der Waals surface area contributed by atoms with E-state index in [4.69, 9.17) is 4.74 Å². The Morgan fingerprint density at radius 3 is 2.61 bits per heavy atom. The highest BCUT2D eigenvalue weighted by Gasteiger charge is 2.15. The van der Waals surface area contributed by atoms with Crippen molar-refractivity contribution in [2.45, 2.75) is 38.0 Å². The number of nitrogens with zero attached hydrogens (tertiary/aromatic N) is 2. The van der Waals surface area contributed by atoms with E-state index < -0.39 is 0 Å². The summed E-state index contributed by atoms with van der Waals surface area (Å²) in [5.74, 6) is 1.21. The van der Waals surface area contributed by atoms with Crippen LogP contribution in [-0.2, 0) is 11.3 Å². The smallest absolute Gasteiger partial charge is 0.230 e. The lowest BCUT2D eigenvalue weighted by atomic mass is 10.1. The number of methoxy groups -OCH3 is 1. The van der Waals surface area contributed by atoms with Crippen LogP contribution in [0.3, 0.4) is 0 Å². The van der Waals surface area contributed by atoms with Crippen molar-refractivity contribution in [3.8, 4) is 5.75 Å². The lowest BCUT2D eigenvalue weighted by Gasteiger charge is -2.20. The number of ether oxygens (including phenoxy) is 1. The van der Waals surface area contributed by atoms with Gasteiger partial charge < -0.3 is 14.6 Å². The summed E-state index contributed by atoms with van der Waals surface area (Å²) in [5, 5.41) is 3.79. The van der Waals surface area contributed by atoms with Crippen LogP contribution in [0, 0.1) is 0 Å². The van der Waals surface area contributed by atoms with Gasteiger partial charge in [0.15, 0.2) is 5.16 Å². The minimum absolute atomic E-state index is 0.0153. The first kappa shape index (κ1) is 17.4. The van der Waals surface area contributed by atoms with Gasteiger partial charge in [-0.3, -0.25) is 4.79 Å². The molecule has 0 saturated heterocycles. The Bertz CT molecular complexity index is 645. The van der Waals surface area contributed by atoms with Crippen molar-refractivity contribution in [2.75, 3.05) is 12.9 Å². The predicted octanol–water partition coefficient (Wildman–Crippen LogP) is 2.95. The van der Waals surface area contributed by atoms with E-state index in [2.05, 4.69) is 10.3 Å². The molecule has 0 bridgehead atoms. The van der Waals surface area contributed by atoms with Gasteiger partial charge >= 0.3 is 0 Å². The molecule has 0 aliphatic heterocycles. The van der Waals surface area contributed by atoms with E-state index in [9.17, 15) is 4.79 Å².